The molecule has 0 saturated carbocycles. The average molecular weight is 316 g/mol. The first kappa shape index (κ1) is 14.9. The second kappa shape index (κ2) is 6.01. The first-order valence-electron chi connectivity index (χ1n) is 7.34. The standard InChI is InChI=1S/C18H18ClNO2/c1-12-10-20(11-14-4-3-5-16(19)8-14)17-9-15(13(2)21)6-7-18(17)22-12/h3-9,12H,10-11H2,1-2H3. The minimum absolute atomic E-state index is 0.0594. The molecule has 0 radical (unpaired) electrons. The average Bonchev–Trinajstić information content (AvgIpc) is 2.46. The number of nitrogens with zero attached hydrogens (tertiary/aromatic N) is 1. The molecule has 0 saturated heterocycles. The Morgan fingerprint density at radius 3 is 2.86 bits per heavy atom. The van der Waals surface area contributed by atoms with Gasteiger partial charge in [-0.15, -0.1) is 0 Å². The predicted molar refractivity (Wildman–Crippen MR) is 89.0 cm³/mol. The zero-order chi connectivity index (χ0) is 15.7. The van der Waals surface area contributed by atoms with Crippen LogP contribution in [0.4, 0.5) is 5.69 Å². The van der Waals surface area contributed by atoms with Crippen LogP contribution in [0, 0.1) is 0 Å². The highest BCUT2D eigenvalue weighted by molar-refractivity contribution is 6.30. The first-order chi connectivity index (χ1) is 10.5. The van der Waals surface area contributed by atoms with Gasteiger partial charge in [-0.3, -0.25) is 4.79 Å². The van der Waals surface area contributed by atoms with Crippen LogP contribution in [0.1, 0.15) is 29.8 Å². The van der Waals surface area contributed by atoms with E-state index in [0.717, 1.165) is 35.1 Å². The van der Waals surface area contributed by atoms with Crippen molar-refractivity contribution in [1.29, 1.82) is 0 Å². The molecule has 3 rings (SSSR count). The zero-order valence-corrected chi connectivity index (χ0v) is 13.4. The van der Waals surface area contributed by atoms with Crippen LogP contribution in [-0.2, 0) is 6.54 Å². The van der Waals surface area contributed by atoms with Crippen LogP contribution in [0.2, 0.25) is 5.02 Å². The predicted octanol–water partition coefficient (Wildman–Crippen LogP) is 4.33. The van der Waals surface area contributed by atoms with Gasteiger partial charge >= 0.3 is 0 Å². The van der Waals surface area contributed by atoms with E-state index < -0.39 is 0 Å². The molecule has 2 aromatic rings. The fourth-order valence-electron chi connectivity index (χ4n) is 2.75. The topological polar surface area (TPSA) is 29.5 Å². The summed E-state index contributed by atoms with van der Waals surface area (Å²) in [5, 5.41) is 0.733. The minimum Gasteiger partial charge on any atom is -0.487 e. The van der Waals surface area contributed by atoms with E-state index in [1.54, 1.807) is 6.92 Å². The smallest absolute Gasteiger partial charge is 0.159 e. The van der Waals surface area contributed by atoms with Gasteiger partial charge in [0.15, 0.2) is 5.78 Å². The molecule has 114 valence electrons. The van der Waals surface area contributed by atoms with E-state index >= 15 is 0 Å². The van der Waals surface area contributed by atoms with Crippen molar-refractivity contribution in [3.05, 3.63) is 58.6 Å². The second-order valence-corrected chi connectivity index (χ2v) is 6.11. The third-order valence-electron chi connectivity index (χ3n) is 3.77. The number of Topliss-reactive ketones (excluding diaryl/α,β-unsaturated/α-hetero) is 1. The Balaban J connectivity index is 1.95. The van der Waals surface area contributed by atoms with E-state index in [4.69, 9.17) is 16.3 Å². The highest BCUT2D eigenvalue weighted by atomic mass is 35.5. The molecule has 1 atom stereocenters. The van der Waals surface area contributed by atoms with Gasteiger partial charge < -0.3 is 9.64 Å². The maximum Gasteiger partial charge on any atom is 0.159 e. The van der Waals surface area contributed by atoms with Gasteiger partial charge in [-0.25, -0.2) is 0 Å². The number of carbonyl (C=O) groups excluding carboxylic acids is 1. The molecule has 0 bridgehead atoms. The van der Waals surface area contributed by atoms with Crippen molar-refractivity contribution in [2.24, 2.45) is 0 Å². The van der Waals surface area contributed by atoms with E-state index in [-0.39, 0.29) is 11.9 Å². The van der Waals surface area contributed by atoms with Gasteiger partial charge in [0.05, 0.1) is 12.2 Å². The molecule has 2 aromatic carbocycles. The Morgan fingerprint density at radius 1 is 1.32 bits per heavy atom. The lowest BCUT2D eigenvalue weighted by Gasteiger charge is -2.35. The molecule has 0 spiro atoms. The van der Waals surface area contributed by atoms with Crippen molar-refractivity contribution >= 4 is 23.1 Å². The van der Waals surface area contributed by atoms with Crippen LogP contribution in [0.5, 0.6) is 5.75 Å². The van der Waals surface area contributed by atoms with Crippen molar-refractivity contribution in [3.8, 4) is 5.75 Å². The van der Waals surface area contributed by atoms with Gasteiger partial charge in [0.1, 0.15) is 11.9 Å². The van der Waals surface area contributed by atoms with Gasteiger partial charge in [-0.2, -0.15) is 0 Å². The third-order valence-corrected chi connectivity index (χ3v) is 4.01. The second-order valence-electron chi connectivity index (χ2n) is 5.68. The number of ether oxygens (including phenoxy) is 1. The number of halogens is 1. The molecular weight excluding hydrogens is 298 g/mol. The van der Waals surface area contributed by atoms with Crippen LogP contribution in [0.15, 0.2) is 42.5 Å². The van der Waals surface area contributed by atoms with Crippen LogP contribution < -0.4 is 9.64 Å². The molecule has 4 heteroatoms. The van der Waals surface area contributed by atoms with Gasteiger partial charge in [-0.05, 0) is 49.7 Å². The lowest BCUT2D eigenvalue weighted by molar-refractivity contribution is 0.101. The van der Waals surface area contributed by atoms with Crippen molar-refractivity contribution in [3.63, 3.8) is 0 Å². The molecule has 1 heterocycles. The molecule has 1 unspecified atom stereocenters. The summed E-state index contributed by atoms with van der Waals surface area (Å²) in [6.45, 7) is 5.14. The lowest BCUT2D eigenvalue weighted by Crippen LogP contribution is -2.38. The van der Waals surface area contributed by atoms with Gasteiger partial charge in [0.25, 0.3) is 0 Å². The highest BCUT2D eigenvalue weighted by Gasteiger charge is 2.23. The Morgan fingerprint density at radius 2 is 2.14 bits per heavy atom. The van der Waals surface area contributed by atoms with Crippen molar-refractivity contribution in [1.82, 2.24) is 0 Å². The fourth-order valence-corrected chi connectivity index (χ4v) is 2.96. The normalized spacial score (nSPS) is 16.9. The summed E-state index contributed by atoms with van der Waals surface area (Å²) in [6.07, 6.45) is 0.106. The minimum atomic E-state index is 0.0594. The number of benzene rings is 2. The van der Waals surface area contributed by atoms with Crippen molar-refractivity contribution in [2.75, 3.05) is 11.4 Å². The maximum atomic E-state index is 11.6. The van der Waals surface area contributed by atoms with Crippen molar-refractivity contribution in [2.45, 2.75) is 26.5 Å². The monoisotopic (exact) mass is 315 g/mol. The van der Waals surface area contributed by atoms with E-state index in [1.165, 1.54) is 0 Å². The summed E-state index contributed by atoms with van der Waals surface area (Å²) in [7, 11) is 0. The summed E-state index contributed by atoms with van der Waals surface area (Å²) < 4.78 is 5.88. The van der Waals surface area contributed by atoms with E-state index in [1.807, 2.05) is 43.3 Å². The molecule has 0 N–H and O–H groups in total. The SMILES string of the molecule is CC(=O)c1ccc2c(c1)N(Cc1cccc(Cl)c1)CC(C)O2. The Kier molecular flexibility index (Phi) is 4.08. The number of ketones is 1. The molecule has 0 aliphatic carbocycles. The quantitative estimate of drug-likeness (QED) is 0.790. The number of carbonyl (C=O) groups is 1. The zero-order valence-electron chi connectivity index (χ0n) is 12.7. The number of rotatable bonds is 3. The van der Waals surface area contributed by atoms with E-state index in [2.05, 4.69) is 11.0 Å². The van der Waals surface area contributed by atoms with Crippen molar-refractivity contribution < 1.29 is 9.53 Å². The first-order valence-corrected chi connectivity index (χ1v) is 7.72. The molecule has 0 amide bonds. The molecule has 22 heavy (non-hydrogen) atoms. The van der Waals surface area contributed by atoms with E-state index in [9.17, 15) is 4.79 Å². The maximum absolute atomic E-state index is 11.6. The Labute approximate surface area is 135 Å². The summed E-state index contributed by atoms with van der Waals surface area (Å²) in [4.78, 5) is 13.9. The highest BCUT2D eigenvalue weighted by Crippen LogP contribution is 2.35. The van der Waals surface area contributed by atoms with Gasteiger partial charge in [-0.1, -0.05) is 23.7 Å². The fraction of sp³-hybridized carbons (Fsp3) is 0.278. The molecule has 0 aromatic heterocycles. The third kappa shape index (κ3) is 3.09. The van der Waals surface area contributed by atoms with Crippen LogP contribution in [0.3, 0.4) is 0 Å². The Bertz CT molecular complexity index is 714. The summed E-state index contributed by atoms with van der Waals surface area (Å²) in [5.41, 5.74) is 2.81. The van der Waals surface area contributed by atoms with E-state index in [0.29, 0.717) is 5.56 Å². The molecule has 0 fully saturated rings. The number of hydrogen-bond acceptors (Lipinski definition) is 3. The lowest BCUT2D eigenvalue weighted by atomic mass is 10.1. The summed E-state index contributed by atoms with van der Waals surface area (Å²) in [5.74, 6) is 0.884. The molecule has 3 nitrogen and oxygen atoms in total. The largest absolute Gasteiger partial charge is 0.487 e. The van der Waals surface area contributed by atoms with Crippen LogP contribution >= 0.6 is 11.6 Å². The van der Waals surface area contributed by atoms with Crippen LogP contribution in [0.25, 0.3) is 0 Å². The number of anilines is 1. The summed E-state index contributed by atoms with van der Waals surface area (Å²) >= 11 is 6.07. The Hall–Kier alpha value is -2.00. The van der Waals surface area contributed by atoms with Gasteiger partial charge in [0, 0.05) is 17.1 Å². The number of hydrogen-bond donors (Lipinski definition) is 0. The molecular formula is C18H18ClNO2. The molecule has 1 aliphatic rings. The number of fused-ring (bicyclic) bond motifs is 1. The summed E-state index contributed by atoms with van der Waals surface area (Å²) in [6, 6.07) is 13.5. The van der Waals surface area contributed by atoms with Crippen LogP contribution in [-0.4, -0.2) is 18.4 Å². The molecule has 1 aliphatic heterocycles. The van der Waals surface area contributed by atoms with Gasteiger partial charge in [0.2, 0.25) is 0 Å².